The topological polar surface area (TPSA) is 179 Å². The van der Waals surface area contributed by atoms with Crippen LogP contribution in [0.25, 0.3) is 35.2 Å². The van der Waals surface area contributed by atoms with E-state index in [1.807, 2.05) is 0 Å². The van der Waals surface area contributed by atoms with Crippen LogP contribution in [0.4, 0.5) is 26.3 Å². The smallest absolute Gasteiger partial charge is 0.416 e. The number of benzene rings is 2. The number of carbonyl (C=O) groups excluding carboxylic acids is 1. The highest BCUT2D eigenvalue weighted by Gasteiger charge is 2.32. The maximum Gasteiger partial charge on any atom is 0.416 e. The second-order valence-corrected chi connectivity index (χ2v) is 11.8. The number of hydrogen-bond donors (Lipinski definition) is 2. The molecule has 6 rings (SSSR count). The van der Waals surface area contributed by atoms with Crippen molar-refractivity contribution in [2.24, 2.45) is 11.8 Å². The summed E-state index contributed by atoms with van der Waals surface area (Å²) in [6, 6.07) is 11.3. The highest BCUT2D eigenvalue weighted by molar-refractivity contribution is 5.90. The highest BCUT2D eigenvalue weighted by Crippen LogP contribution is 2.33. The number of aromatic nitrogens is 6. The molecule has 2 N–H and O–H groups in total. The van der Waals surface area contributed by atoms with Gasteiger partial charge in [0.2, 0.25) is 5.91 Å². The third-order valence-electron chi connectivity index (χ3n) is 7.42. The Balaban J connectivity index is 0.000000251. The molecule has 2 aliphatic heterocycles. The SMILES string of the molecule is Cc1cc(-c2ncn(/C=C\C(=O)N3CC(C#N)C3)n2)cc(C(F)(F)F)c1.Cc1cc(-c2ncn(/C=C\C(=O)O)n2)cc(C(F)(F)F)c1.Cl.N#CC1CNC1. The van der Waals surface area contributed by atoms with Gasteiger partial charge >= 0.3 is 18.3 Å². The molecule has 0 unspecified atom stereocenters. The Kier molecular flexibility index (Phi) is 14.2. The first kappa shape index (κ1) is 42.4. The Morgan fingerprint density at radius 1 is 0.778 bits per heavy atom. The molecule has 13 nitrogen and oxygen atoms in total. The third kappa shape index (κ3) is 12.0. The van der Waals surface area contributed by atoms with Crippen molar-refractivity contribution in [1.82, 2.24) is 39.7 Å². The summed E-state index contributed by atoms with van der Waals surface area (Å²) in [5.74, 6) is -1.03. The lowest BCUT2D eigenvalue weighted by Gasteiger charge is -2.34. The van der Waals surface area contributed by atoms with Crippen LogP contribution >= 0.6 is 12.4 Å². The van der Waals surface area contributed by atoms with E-state index in [0.29, 0.717) is 30.1 Å². The van der Waals surface area contributed by atoms with E-state index in [4.69, 9.17) is 15.6 Å². The average molecular weight is 777 g/mol. The van der Waals surface area contributed by atoms with Crippen LogP contribution in [0, 0.1) is 48.3 Å². The summed E-state index contributed by atoms with van der Waals surface area (Å²) in [6.07, 6.45) is -1.74. The highest BCUT2D eigenvalue weighted by atomic mass is 35.5. The van der Waals surface area contributed by atoms with Gasteiger partial charge in [0.05, 0.1) is 35.1 Å². The minimum atomic E-state index is -4.45. The first-order chi connectivity index (χ1) is 24.9. The molecule has 4 heterocycles. The Labute approximate surface area is 310 Å². The number of halogens is 7. The summed E-state index contributed by atoms with van der Waals surface area (Å²) >= 11 is 0. The number of alkyl halides is 6. The van der Waals surface area contributed by atoms with E-state index in [9.17, 15) is 35.9 Å². The van der Waals surface area contributed by atoms with Crippen molar-refractivity contribution in [3.8, 4) is 34.9 Å². The molecule has 0 aliphatic carbocycles. The molecule has 0 spiro atoms. The van der Waals surface area contributed by atoms with Crippen molar-refractivity contribution in [3.05, 3.63) is 83.5 Å². The van der Waals surface area contributed by atoms with Crippen LogP contribution in [0.5, 0.6) is 0 Å². The third-order valence-corrected chi connectivity index (χ3v) is 7.42. The maximum absolute atomic E-state index is 12.9. The number of amides is 1. The van der Waals surface area contributed by atoms with Crippen molar-refractivity contribution in [1.29, 1.82) is 10.5 Å². The fourth-order valence-electron chi connectivity index (χ4n) is 4.62. The summed E-state index contributed by atoms with van der Waals surface area (Å²) in [5, 5.41) is 36.3. The van der Waals surface area contributed by atoms with Crippen molar-refractivity contribution < 1.29 is 41.0 Å². The zero-order chi connectivity index (χ0) is 38.9. The van der Waals surface area contributed by atoms with Crippen LogP contribution in [-0.4, -0.2) is 77.6 Å². The van der Waals surface area contributed by atoms with Gasteiger partial charge in [-0.3, -0.25) is 4.79 Å². The van der Waals surface area contributed by atoms with E-state index in [1.165, 1.54) is 40.6 Å². The predicted molar refractivity (Wildman–Crippen MR) is 184 cm³/mol. The van der Waals surface area contributed by atoms with Gasteiger partial charge in [-0.05, 0) is 61.4 Å². The summed E-state index contributed by atoms with van der Waals surface area (Å²) < 4.78 is 79.4. The van der Waals surface area contributed by atoms with Crippen molar-refractivity contribution in [2.75, 3.05) is 26.2 Å². The molecule has 54 heavy (non-hydrogen) atoms. The Hall–Kier alpha value is -6.05. The molecular formula is C34H31ClF6N10O3. The number of hydrogen-bond acceptors (Lipinski definition) is 9. The zero-order valence-electron chi connectivity index (χ0n) is 28.4. The molecule has 2 fully saturated rings. The Bertz CT molecular complexity index is 2090. The van der Waals surface area contributed by atoms with E-state index < -0.39 is 29.4 Å². The number of nitrogens with one attached hydrogen (secondary N) is 1. The van der Waals surface area contributed by atoms with Crippen LogP contribution in [0.1, 0.15) is 22.3 Å². The monoisotopic (exact) mass is 776 g/mol. The van der Waals surface area contributed by atoms with E-state index in [1.54, 1.807) is 19.9 Å². The van der Waals surface area contributed by atoms with Crippen LogP contribution in [-0.2, 0) is 21.9 Å². The molecule has 2 aliphatic rings. The van der Waals surface area contributed by atoms with Gasteiger partial charge in [0.15, 0.2) is 11.6 Å². The standard InChI is InChI=1S/C17H14F3N5O.C13H10F3N3O2.C4H6N2.ClH/c1-11-4-13(6-14(5-11)17(18,19)20)16-22-10-25(23-16)3-2-15(26)24-8-12(7-21)9-24;1-8-4-9(6-10(5-8)13(14,15)16)12-17-7-19(18-12)3-2-11(20)21;5-1-4-2-6-3-4;/h2-6,10,12H,8-9H2,1H3;2-7H,1H3,(H,20,21);4,6H,2-3H2;1H/b2*3-2-;;. The van der Waals surface area contributed by atoms with Gasteiger partial charge in [-0.25, -0.2) is 24.1 Å². The van der Waals surface area contributed by atoms with Gasteiger partial charge in [-0.1, -0.05) is 0 Å². The Morgan fingerprint density at radius 2 is 1.22 bits per heavy atom. The Morgan fingerprint density at radius 3 is 1.57 bits per heavy atom. The number of nitriles is 2. The predicted octanol–water partition coefficient (Wildman–Crippen LogP) is 5.70. The number of likely N-dealkylation sites (tertiary alicyclic amines) is 1. The quantitative estimate of drug-likeness (QED) is 0.182. The molecule has 0 atom stereocenters. The fraction of sp³-hybridized carbons (Fsp3) is 0.294. The minimum absolute atomic E-state index is 0. The lowest BCUT2D eigenvalue weighted by atomic mass is 10.0. The molecule has 2 aromatic carbocycles. The number of rotatable bonds is 6. The van der Waals surface area contributed by atoms with E-state index >= 15 is 0 Å². The second kappa shape index (κ2) is 18.1. The molecule has 284 valence electrons. The summed E-state index contributed by atoms with van der Waals surface area (Å²) in [5.41, 5.74) is -0.214. The van der Waals surface area contributed by atoms with Gasteiger partial charge in [0.1, 0.15) is 12.7 Å². The number of carboxylic acid groups (broad SMARTS) is 1. The molecule has 0 radical (unpaired) electrons. The normalized spacial score (nSPS) is 14.4. The second-order valence-electron chi connectivity index (χ2n) is 11.8. The largest absolute Gasteiger partial charge is 0.478 e. The van der Waals surface area contributed by atoms with Gasteiger partial charge in [-0.2, -0.15) is 36.9 Å². The lowest BCUT2D eigenvalue weighted by Crippen LogP contribution is -2.48. The van der Waals surface area contributed by atoms with Gasteiger partial charge in [0.25, 0.3) is 0 Å². The van der Waals surface area contributed by atoms with Crippen LogP contribution in [0.15, 0.2) is 61.2 Å². The molecule has 2 aromatic heterocycles. The molecule has 20 heteroatoms. The number of aryl methyl sites for hydroxylation is 2. The molecular weight excluding hydrogens is 746 g/mol. The van der Waals surface area contributed by atoms with Crippen LogP contribution in [0.3, 0.4) is 0 Å². The number of carboxylic acids is 1. The molecule has 0 saturated carbocycles. The van der Waals surface area contributed by atoms with Gasteiger partial charge in [0, 0.05) is 61.9 Å². The van der Waals surface area contributed by atoms with Crippen LogP contribution < -0.4 is 5.32 Å². The maximum atomic E-state index is 12.9. The van der Waals surface area contributed by atoms with Gasteiger partial charge < -0.3 is 15.3 Å². The number of nitrogens with zero attached hydrogens (tertiary/aromatic N) is 9. The molecule has 4 aromatic rings. The van der Waals surface area contributed by atoms with E-state index in [2.05, 4.69) is 37.6 Å². The first-order valence-corrected chi connectivity index (χ1v) is 15.5. The minimum Gasteiger partial charge on any atom is -0.478 e. The summed E-state index contributed by atoms with van der Waals surface area (Å²) in [7, 11) is 0. The van der Waals surface area contributed by atoms with Crippen LogP contribution in [0.2, 0.25) is 0 Å². The zero-order valence-corrected chi connectivity index (χ0v) is 29.2. The summed E-state index contributed by atoms with van der Waals surface area (Å²) in [6.45, 7) is 5.69. The van der Waals surface area contributed by atoms with Crippen molar-refractivity contribution in [2.45, 2.75) is 26.2 Å². The molecule has 1 amide bonds. The number of carbonyl (C=O) groups is 2. The average Bonchev–Trinajstić information content (AvgIpc) is 3.71. The van der Waals surface area contributed by atoms with E-state index in [0.717, 1.165) is 54.3 Å². The lowest BCUT2D eigenvalue weighted by molar-refractivity contribution is -0.138. The molecule has 0 bridgehead atoms. The van der Waals surface area contributed by atoms with Crippen molar-refractivity contribution in [3.63, 3.8) is 0 Å². The van der Waals surface area contributed by atoms with Gasteiger partial charge in [-0.15, -0.1) is 22.6 Å². The first-order valence-electron chi connectivity index (χ1n) is 15.5. The molecule has 2 saturated heterocycles. The fourth-order valence-corrected chi connectivity index (χ4v) is 4.62. The summed E-state index contributed by atoms with van der Waals surface area (Å²) in [4.78, 5) is 31.6. The van der Waals surface area contributed by atoms with E-state index in [-0.39, 0.29) is 47.0 Å². The van der Waals surface area contributed by atoms with Crippen molar-refractivity contribution >= 4 is 36.7 Å². The number of aliphatic carboxylic acids is 1.